The highest BCUT2D eigenvalue weighted by atomic mass is 32.2. The van der Waals surface area contributed by atoms with Crippen LogP contribution in [0.15, 0.2) is 53.5 Å². The zero-order valence-electron chi connectivity index (χ0n) is 27.7. The Bertz CT molecular complexity index is 1690. The number of thioether (sulfide) groups is 2. The average molecular weight is 746 g/mol. The van der Waals surface area contributed by atoms with Crippen LogP contribution in [0.3, 0.4) is 0 Å². The zero-order chi connectivity index (χ0) is 38.0. The molecule has 0 aliphatic carbocycles. The van der Waals surface area contributed by atoms with E-state index in [1.54, 1.807) is 27.7 Å². The van der Waals surface area contributed by atoms with Crippen LogP contribution < -0.4 is 42.3 Å². The van der Waals surface area contributed by atoms with Crippen LogP contribution in [0, 0.1) is 0 Å². The van der Waals surface area contributed by atoms with Crippen molar-refractivity contribution >= 4 is 59.1 Å². The van der Waals surface area contributed by atoms with Crippen molar-refractivity contribution in [3.05, 3.63) is 59.7 Å². The SMILES string of the molecule is CC1(C)SC(C(N=C([O-])C(N)c2ccc([O-])cc2)C(=O)NC(C(=O)NC(C(=O)O)C2NC(C(=O)O)C(C)(C)S2)c2ccc([O-])cc2)NC1C(=O)O. The lowest BCUT2D eigenvalue weighted by molar-refractivity contribution is -0.269. The first-order valence-electron chi connectivity index (χ1n) is 15.4. The van der Waals surface area contributed by atoms with Crippen LogP contribution in [0.2, 0.25) is 0 Å². The fraction of sp³-hybridized carbons (Fsp3) is 0.438. The van der Waals surface area contributed by atoms with Crippen LogP contribution >= 0.6 is 23.5 Å². The number of hydrogen-bond acceptors (Lipinski definition) is 14. The molecular formula is C32H37N6O11S2-3. The second-order valence-corrected chi connectivity index (χ2v) is 16.5. The first-order chi connectivity index (χ1) is 23.7. The minimum atomic E-state index is -1.70. The number of carboxylic acids is 3. The van der Waals surface area contributed by atoms with Gasteiger partial charge in [0.1, 0.15) is 18.1 Å². The van der Waals surface area contributed by atoms with E-state index in [1.165, 1.54) is 36.4 Å². The quantitative estimate of drug-likeness (QED) is 0.0827. The van der Waals surface area contributed by atoms with Crippen molar-refractivity contribution in [2.24, 2.45) is 10.7 Å². The van der Waals surface area contributed by atoms with Gasteiger partial charge in [-0.05, 0) is 44.7 Å². The number of nitrogens with zero attached hydrogens (tertiary/aromatic N) is 1. The normalized spacial score (nSPS) is 24.8. The number of nitrogens with one attached hydrogen (secondary N) is 4. The molecule has 0 spiro atoms. The van der Waals surface area contributed by atoms with E-state index in [0.29, 0.717) is 0 Å². The summed E-state index contributed by atoms with van der Waals surface area (Å²) in [5.74, 6) is -7.89. The number of aliphatic imine (C=N–C) groups is 1. The molecule has 2 aliphatic heterocycles. The summed E-state index contributed by atoms with van der Waals surface area (Å²) in [7, 11) is 0. The van der Waals surface area contributed by atoms with Gasteiger partial charge in [0.2, 0.25) is 11.8 Å². The van der Waals surface area contributed by atoms with Crippen LogP contribution in [0.1, 0.15) is 50.9 Å². The molecule has 2 saturated heterocycles. The summed E-state index contributed by atoms with van der Waals surface area (Å²) >= 11 is 1.98. The predicted molar refractivity (Wildman–Crippen MR) is 180 cm³/mol. The van der Waals surface area contributed by atoms with Gasteiger partial charge in [-0.2, -0.15) is 0 Å². The number of carbonyl (C=O) groups excluding carboxylic acids is 2. The van der Waals surface area contributed by atoms with Gasteiger partial charge >= 0.3 is 17.9 Å². The number of hydrogen-bond donors (Lipinski definition) is 8. The molecule has 0 bridgehead atoms. The van der Waals surface area contributed by atoms with Crippen molar-refractivity contribution in [1.82, 2.24) is 21.3 Å². The minimum Gasteiger partial charge on any atom is -0.872 e. The first-order valence-corrected chi connectivity index (χ1v) is 17.2. The van der Waals surface area contributed by atoms with Crippen LogP contribution in [0.25, 0.3) is 0 Å². The molecule has 8 unspecified atom stereocenters. The Morgan fingerprint density at radius 1 is 0.765 bits per heavy atom. The molecule has 276 valence electrons. The summed E-state index contributed by atoms with van der Waals surface area (Å²) < 4.78 is -1.98. The molecule has 2 amide bonds. The number of carbonyl (C=O) groups is 5. The Morgan fingerprint density at radius 2 is 1.22 bits per heavy atom. The molecule has 19 heteroatoms. The van der Waals surface area contributed by atoms with Gasteiger partial charge < -0.3 is 47.0 Å². The minimum absolute atomic E-state index is 0.0376. The molecule has 2 aromatic rings. The zero-order valence-corrected chi connectivity index (χ0v) is 29.3. The fourth-order valence-corrected chi connectivity index (χ4v) is 8.60. The van der Waals surface area contributed by atoms with Gasteiger partial charge in [0, 0.05) is 9.49 Å². The monoisotopic (exact) mass is 745 g/mol. The molecular weight excluding hydrogens is 709 g/mol. The number of nitrogens with two attached hydrogens (primary N) is 1. The highest BCUT2D eigenvalue weighted by Crippen LogP contribution is 2.41. The molecule has 0 radical (unpaired) electrons. The van der Waals surface area contributed by atoms with Gasteiger partial charge in [-0.25, -0.2) is 4.79 Å². The van der Waals surface area contributed by atoms with E-state index in [1.807, 2.05) is 0 Å². The Kier molecular flexibility index (Phi) is 11.8. The second-order valence-electron chi connectivity index (χ2n) is 13.0. The van der Waals surface area contributed by atoms with Crippen LogP contribution in [0.4, 0.5) is 0 Å². The Hall–Kier alpha value is -4.56. The predicted octanol–water partition coefficient (Wildman–Crippen LogP) is -1.82. The van der Waals surface area contributed by atoms with Crippen molar-refractivity contribution in [3.8, 4) is 11.5 Å². The topological polar surface area (TPSA) is 302 Å². The van der Waals surface area contributed by atoms with Crippen molar-refractivity contribution in [2.75, 3.05) is 0 Å². The van der Waals surface area contributed by atoms with Crippen LogP contribution in [0.5, 0.6) is 11.5 Å². The third-order valence-corrected chi connectivity index (χ3v) is 11.4. The molecule has 8 atom stereocenters. The third-order valence-electron chi connectivity index (χ3n) is 8.36. The molecule has 2 aliphatic rings. The van der Waals surface area contributed by atoms with Gasteiger partial charge in [-0.15, -0.1) is 35.0 Å². The molecule has 9 N–H and O–H groups in total. The van der Waals surface area contributed by atoms with Crippen LogP contribution in [-0.2, 0) is 24.0 Å². The fourth-order valence-electron chi connectivity index (χ4n) is 5.64. The summed E-state index contributed by atoms with van der Waals surface area (Å²) in [5.41, 5.74) is 6.36. The summed E-state index contributed by atoms with van der Waals surface area (Å²) in [6.07, 6.45) is 0. The maximum atomic E-state index is 14.1. The Balaban J connectivity index is 1.70. The average Bonchev–Trinajstić information content (AvgIpc) is 3.55. The van der Waals surface area contributed by atoms with E-state index in [0.717, 1.165) is 35.7 Å². The Morgan fingerprint density at radius 3 is 1.67 bits per heavy atom. The molecule has 4 rings (SSSR count). The molecule has 0 aromatic heterocycles. The molecule has 2 aromatic carbocycles. The second kappa shape index (κ2) is 15.4. The van der Waals surface area contributed by atoms with E-state index >= 15 is 0 Å². The maximum absolute atomic E-state index is 14.1. The van der Waals surface area contributed by atoms with Gasteiger partial charge in [-0.3, -0.25) is 34.8 Å². The van der Waals surface area contributed by atoms with Crippen LogP contribution in [-0.4, -0.2) is 95.3 Å². The van der Waals surface area contributed by atoms with Gasteiger partial charge in [0.05, 0.1) is 16.8 Å². The van der Waals surface area contributed by atoms with Crippen molar-refractivity contribution < 1.29 is 54.6 Å². The third kappa shape index (κ3) is 9.03. The van der Waals surface area contributed by atoms with E-state index < -0.39 is 97.9 Å². The summed E-state index contributed by atoms with van der Waals surface area (Å²) in [6, 6.07) is 0.812. The van der Waals surface area contributed by atoms with Crippen molar-refractivity contribution in [1.29, 1.82) is 0 Å². The van der Waals surface area contributed by atoms with Crippen molar-refractivity contribution in [3.63, 3.8) is 0 Å². The number of benzene rings is 2. The number of amides is 2. The largest absolute Gasteiger partial charge is 0.872 e. The number of aliphatic carboxylic acids is 3. The van der Waals surface area contributed by atoms with Gasteiger partial charge in [0.15, 0.2) is 12.1 Å². The molecule has 2 heterocycles. The first kappa shape index (κ1) is 39.2. The lowest BCUT2D eigenvalue weighted by atomic mass is 10.0. The highest BCUT2D eigenvalue weighted by molar-refractivity contribution is 8.01. The number of carboxylic acid groups (broad SMARTS) is 3. The van der Waals surface area contributed by atoms with E-state index in [9.17, 15) is 54.6 Å². The van der Waals surface area contributed by atoms with E-state index in [4.69, 9.17) is 5.73 Å². The lowest BCUT2D eigenvalue weighted by Gasteiger charge is -2.29. The van der Waals surface area contributed by atoms with Gasteiger partial charge in [0.25, 0.3) is 0 Å². The molecule has 0 saturated carbocycles. The maximum Gasteiger partial charge on any atom is 0.328 e. The molecule has 2 fully saturated rings. The van der Waals surface area contributed by atoms with E-state index in [2.05, 4.69) is 26.3 Å². The standard InChI is InChI=1S/C32H40N6O11S2/c1-31(2)21(29(46)47)37-26(50-31)19(35-23(41)17(33)13-5-9-15(39)10-6-13)25(43)34-18(14-7-11-16(40)12-8-14)24(42)36-20(28(44)45)27-38-22(30(48)49)32(3,4)51-27/h5-12,17-22,26-27,37-40H,33H2,1-4H3,(H,34,43)(H,35,41)(H,36,42)(H,44,45)(H,46,47)(H,48,49)/p-3. The molecule has 17 nitrogen and oxygen atoms in total. The summed E-state index contributed by atoms with van der Waals surface area (Å²) in [6.45, 7) is 6.40. The van der Waals surface area contributed by atoms with E-state index in [-0.39, 0.29) is 16.9 Å². The number of rotatable bonds is 13. The van der Waals surface area contributed by atoms with Gasteiger partial charge in [-0.1, -0.05) is 48.5 Å². The summed E-state index contributed by atoms with van der Waals surface area (Å²) in [5, 5.41) is 74.5. The lowest BCUT2D eigenvalue weighted by Crippen LogP contribution is -2.56. The highest BCUT2D eigenvalue weighted by Gasteiger charge is 2.51. The molecule has 51 heavy (non-hydrogen) atoms. The summed E-state index contributed by atoms with van der Waals surface area (Å²) in [4.78, 5) is 68.3. The van der Waals surface area contributed by atoms with Crippen molar-refractivity contribution in [2.45, 2.75) is 84.2 Å². The smallest absolute Gasteiger partial charge is 0.328 e. The Labute approximate surface area is 300 Å².